The number of carbonyl (C=O) groups excluding carboxylic acids is 3. The van der Waals surface area contributed by atoms with E-state index in [1.54, 1.807) is 28.9 Å². The summed E-state index contributed by atoms with van der Waals surface area (Å²) in [6.07, 6.45) is 0. The first-order chi connectivity index (χ1) is 17.8. The number of hydrogen-bond acceptors (Lipinski definition) is 6. The van der Waals surface area contributed by atoms with E-state index in [2.05, 4.69) is 5.32 Å². The van der Waals surface area contributed by atoms with Crippen molar-refractivity contribution < 1.29 is 29.3 Å². The lowest BCUT2D eigenvalue weighted by Gasteiger charge is -2.30. The second kappa shape index (κ2) is 13.3. The van der Waals surface area contributed by atoms with Gasteiger partial charge in [0, 0.05) is 37.9 Å². The summed E-state index contributed by atoms with van der Waals surface area (Å²) in [5, 5.41) is 21.0. The van der Waals surface area contributed by atoms with Crippen LogP contribution in [0.25, 0.3) is 0 Å². The first-order valence-electron chi connectivity index (χ1n) is 12.2. The predicted octanol–water partition coefficient (Wildman–Crippen LogP) is 2.11. The molecule has 4 amide bonds. The minimum absolute atomic E-state index is 0.113. The zero-order chi connectivity index (χ0) is 26.9. The third-order valence-corrected chi connectivity index (χ3v) is 6.45. The number of carbonyl (C=O) groups is 3. The fraction of sp³-hybridized carbons (Fsp3) is 0.423. The van der Waals surface area contributed by atoms with Gasteiger partial charge in [-0.3, -0.25) is 9.59 Å². The fourth-order valence-electron chi connectivity index (χ4n) is 4.19. The molecular weight excluding hydrogens is 500 g/mol. The van der Waals surface area contributed by atoms with E-state index in [0.717, 1.165) is 5.56 Å². The van der Waals surface area contributed by atoms with Crippen LogP contribution in [0, 0.1) is 0 Å². The molecule has 1 aliphatic rings. The van der Waals surface area contributed by atoms with Gasteiger partial charge in [0.2, 0.25) is 5.91 Å². The van der Waals surface area contributed by atoms with Gasteiger partial charge in [-0.05, 0) is 43.7 Å². The molecular formula is C26H33ClN4O6. The van der Waals surface area contributed by atoms with Gasteiger partial charge in [0.1, 0.15) is 12.4 Å². The average molecular weight is 533 g/mol. The van der Waals surface area contributed by atoms with Gasteiger partial charge >= 0.3 is 6.03 Å². The molecule has 0 aliphatic carbocycles. The molecule has 0 fully saturated rings. The normalized spacial score (nSPS) is 15.0. The summed E-state index contributed by atoms with van der Waals surface area (Å²) >= 11 is 6.42. The number of likely N-dealkylation sites (N-methyl/N-ethyl adjacent to an activating group) is 1. The Hall–Kier alpha value is -3.34. The number of anilines is 1. The first kappa shape index (κ1) is 28.2. The van der Waals surface area contributed by atoms with Gasteiger partial charge in [0.15, 0.2) is 0 Å². The molecule has 10 nitrogen and oxygen atoms in total. The summed E-state index contributed by atoms with van der Waals surface area (Å²) in [5.74, 6) is -0.165. The van der Waals surface area contributed by atoms with Crippen molar-refractivity contribution in [2.75, 3.05) is 50.9 Å². The lowest BCUT2D eigenvalue weighted by atomic mass is 10.1. The van der Waals surface area contributed by atoms with Gasteiger partial charge in [-0.1, -0.05) is 29.8 Å². The Morgan fingerprint density at radius 1 is 1.16 bits per heavy atom. The molecule has 0 bridgehead atoms. The van der Waals surface area contributed by atoms with Crippen LogP contribution in [0.1, 0.15) is 29.8 Å². The smallest absolute Gasteiger partial charge is 0.318 e. The molecule has 200 valence electrons. The maximum atomic E-state index is 13.6. The lowest BCUT2D eigenvalue weighted by Crippen LogP contribution is -2.50. The van der Waals surface area contributed by atoms with E-state index in [9.17, 15) is 14.4 Å². The van der Waals surface area contributed by atoms with Gasteiger partial charge in [0.25, 0.3) is 5.91 Å². The molecule has 0 saturated heterocycles. The van der Waals surface area contributed by atoms with Crippen molar-refractivity contribution in [2.45, 2.75) is 26.4 Å². The Balaban J connectivity index is 1.80. The molecule has 37 heavy (non-hydrogen) atoms. The minimum atomic E-state index is -0.423. The number of aliphatic hydroxyl groups is 2. The molecule has 0 radical (unpaired) electrons. The molecule has 3 N–H and O–H groups in total. The molecule has 0 saturated carbocycles. The number of fused-ring (bicyclic) bond motifs is 1. The Bertz CT molecular complexity index is 1110. The van der Waals surface area contributed by atoms with Gasteiger partial charge in [-0.15, -0.1) is 0 Å². The quantitative estimate of drug-likeness (QED) is 0.454. The van der Waals surface area contributed by atoms with Gasteiger partial charge in [-0.25, -0.2) is 4.79 Å². The lowest BCUT2D eigenvalue weighted by molar-refractivity contribution is -0.130. The van der Waals surface area contributed by atoms with Crippen LogP contribution < -0.4 is 15.0 Å². The Morgan fingerprint density at radius 3 is 2.59 bits per heavy atom. The highest BCUT2D eigenvalue weighted by atomic mass is 35.5. The number of hydrogen-bond donors (Lipinski definition) is 3. The average Bonchev–Trinajstić information content (AvgIpc) is 3.05. The van der Waals surface area contributed by atoms with E-state index in [4.69, 9.17) is 26.6 Å². The highest BCUT2D eigenvalue weighted by molar-refractivity contribution is 6.34. The van der Waals surface area contributed by atoms with E-state index in [0.29, 0.717) is 18.0 Å². The molecule has 2 aromatic rings. The Kier molecular flexibility index (Phi) is 10.1. The zero-order valence-electron chi connectivity index (χ0n) is 21.0. The monoisotopic (exact) mass is 532 g/mol. The van der Waals surface area contributed by atoms with Crippen molar-refractivity contribution in [3.8, 4) is 5.75 Å². The van der Waals surface area contributed by atoms with Crippen molar-refractivity contribution in [3.05, 3.63) is 58.6 Å². The maximum absolute atomic E-state index is 13.6. The van der Waals surface area contributed by atoms with Crippen molar-refractivity contribution in [1.82, 2.24) is 15.1 Å². The predicted molar refractivity (Wildman–Crippen MR) is 140 cm³/mol. The molecule has 1 atom stereocenters. The van der Waals surface area contributed by atoms with Crippen molar-refractivity contribution >= 4 is 35.1 Å². The van der Waals surface area contributed by atoms with Crippen LogP contribution in [-0.2, 0) is 11.3 Å². The van der Waals surface area contributed by atoms with Crippen LogP contribution in [-0.4, -0.2) is 89.9 Å². The number of amides is 4. The second-order valence-electron chi connectivity index (χ2n) is 8.59. The number of benzene rings is 2. The summed E-state index contributed by atoms with van der Waals surface area (Å²) in [5.41, 5.74) is 1.73. The number of aliphatic hydroxyl groups excluding tert-OH is 2. The van der Waals surface area contributed by atoms with Gasteiger partial charge in [0.05, 0.1) is 30.3 Å². The van der Waals surface area contributed by atoms with Crippen LogP contribution in [0.3, 0.4) is 0 Å². The summed E-state index contributed by atoms with van der Waals surface area (Å²) in [6.45, 7) is 4.35. The SMILES string of the molecule is CCN(CCO)C(=O)CNC(=O)N1Cc2ccccc2N(C(=O)c2ccc(OCCO)cc2Cl)C[C@H]1C. The van der Waals surface area contributed by atoms with Crippen molar-refractivity contribution in [3.63, 3.8) is 0 Å². The number of nitrogens with zero attached hydrogens (tertiary/aromatic N) is 3. The third-order valence-electron chi connectivity index (χ3n) is 6.13. The van der Waals surface area contributed by atoms with E-state index in [1.165, 1.54) is 11.0 Å². The van der Waals surface area contributed by atoms with E-state index in [1.807, 2.05) is 31.2 Å². The van der Waals surface area contributed by atoms with Gasteiger partial charge in [-0.2, -0.15) is 0 Å². The van der Waals surface area contributed by atoms with Crippen LogP contribution >= 0.6 is 11.6 Å². The first-order valence-corrected chi connectivity index (χ1v) is 12.5. The number of rotatable bonds is 9. The molecule has 1 aliphatic heterocycles. The second-order valence-corrected chi connectivity index (χ2v) is 9.00. The summed E-state index contributed by atoms with van der Waals surface area (Å²) in [7, 11) is 0. The fourth-order valence-corrected chi connectivity index (χ4v) is 4.44. The topological polar surface area (TPSA) is 123 Å². The van der Waals surface area contributed by atoms with Crippen molar-refractivity contribution in [1.29, 1.82) is 0 Å². The summed E-state index contributed by atoms with van der Waals surface area (Å²) in [4.78, 5) is 43.8. The Labute approximate surface area is 221 Å². The number of ether oxygens (including phenoxy) is 1. The van der Waals surface area contributed by atoms with Crippen LogP contribution in [0.15, 0.2) is 42.5 Å². The summed E-state index contributed by atoms with van der Waals surface area (Å²) in [6, 6.07) is 11.3. The molecule has 0 unspecified atom stereocenters. The highest BCUT2D eigenvalue weighted by Crippen LogP contribution is 2.31. The molecule has 0 spiro atoms. The molecule has 11 heteroatoms. The van der Waals surface area contributed by atoms with Crippen LogP contribution in [0.5, 0.6) is 5.75 Å². The van der Waals surface area contributed by atoms with Crippen LogP contribution in [0.2, 0.25) is 5.02 Å². The van der Waals surface area contributed by atoms with Crippen molar-refractivity contribution in [2.24, 2.45) is 0 Å². The molecule has 0 aromatic heterocycles. The van der Waals surface area contributed by atoms with Gasteiger partial charge < -0.3 is 35.0 Å². The zero-order valence-corrected chi connectivity index (χ0v) is 21.8. The largest absolute Gasteiger partial charge is 0.491 e. The number of halogens is 1. The Morgan fingerprint density at radius 2 is 1.92 bits per heavy atom. The molecule has 3 rings (SSSR count). The van der Waals surface area contributed by atoms with Crippen LogP contribution in [0.4, 0.5) is 10.5 Å². The van der Waals surface area contributed by atoms with E-state index < -0.39 is 6.03 Å². The number of nitrogens with one attached hydrogen (secondary N) is 1. The highest BCUT2D eigenvalue weighted by Gasteiger charge is 2.32. The number of para-hydroxylation sites is 1. The van der Waals surface area contributed by atoms with E-state index in [-0.39, 0.29) is 74.4 Å². The maximum Gasteiger partial charge on any atom is 0.318 e. The molecule has 2 aromatic carbocycles. The number of urea groups is 1. The summed E-state index contributed by atoms with van der Waals surface area (Å²) < 4.78 is 5.38. The standard InChI is InChI=1S/C26H33ClN4O6/c1-3-29(10-11-32)24(34)15-28-26(36)30-17-19-6-4-5-7-23(19)31(16-18(30)2)25(35)21-9-8-20(14-22(21)27)37-13-12-33/h4-9,14,18,32-33H,3,10-13,15-17H2,1-2H3,(H,28,36)/t18-/m1/s1. The molecule has 1 heterocycles. The third kappa shape index (κ3) is 6.91. The van der Waals surface area contributed by atoms with E-state index >= 15 is 0 Å². The minimum Gasteiger partial charge on any atom is -0.491 e.